The predicted molar refractivity (Wildman–Crippen MR) is 73.9 cm³/mol. The molecule has 2 heterocycles. The molecule has 0 radical (unpaired) electrons. The van der Waals surface area contributed by atoms with Crippen LogP contribution in [0.15, 0.2) is 30.3 Å². The first-order valence-corrected chi connectivity index (χ1v) is 6.55. The maximum absolute atomic E-state index is 5.51. The Bertz CT molecular complexity index is 569. The normalized spacial score (nSPS) is 13.9. The van der Waals surface area contributed by atoms with Gasteiger partial charge in [-0.2, -0.15) is 0 Å². The Balaban J connectivity index is 1.82. The van der Waals surface area contributed by atoms with E-state index in [9.17, 15) is 0 Å². The lowest BCUT2D eigenvalue weighted by molar-refractivity contribution is 0.109. The van der Waals surface area contributed by atoms with Crippen molar-refractivity contribution in [1.82, 2.24) is 9.97 Å². The summed E-state index contributed by atoms with van der Waals surface area (Å²) in [6.07, 6.45) is 0.874. The third kappa shape index (κ3) is 2.74. The van der Waals surface area contributed by atoms with Gasteiger partial charge < -0.3 is 10.1 Å². The molecule has 98 valence electrons. The Hall–Kier alpha value is -1.94. The van der Waals surface area contributed by atoms with Gasteiger partial charge in [0.1, 0.15) is 11.6 Å². The van der Waals surface area contributed by atoms with Crippen LogP contribution in [0, 0.1) is 6.92 Å². The first-order valence-electron chi connectivity index (χ1n) is 6.55. The van der Waals surface area contributed by atoms with E-state index in [0.717, 1.165) is 42.5 Å². The van der Waals surface area contributed by atoms with Crippen molar-refractivity contribution in [2.24, 2.45) is 0 Å². The van der Waals surface area contributed by atoms with Gasteiger partial charge in [-0.25, -0.2) is 9.97 Å². The topological polar surface area (TPSA) is 47.0 Å². The van der Waals surface area contributed by atoms with Crippen molar-refractivity contribution < 1.29 is 4.74 Å². The fourth-order valence-electron chi connectivity index (χ4n) is 2.28. The molecule has 0 saturated carbocycles. The van der Waals surface area contributed by atoms with E-state index >= 15 is 0 Å². The van der Waals surface area contributed by atoms with Gasteiger partial charge in [-0.1, -0.05) is 30.3 Å². The third-order valence-electron chi connectivity index (χ3n) is 3.24. The molecular weight excluding hydrogens is 238 g/mol. The quantitative estimate of drug-likeness (QED) is 0.915. The highest BCUT2D eigenvalue weighted by atomic mass is 16.5. The fraction of sp³-hybridized carbons (Fsp3) is 0.333. The highest BCUT2D eigenvalue weighted by Crippen LogP contribution is 2.22. The van der Waals surface area contributed by atoms with Gasteiger partial charge in [0.25, 0.3) is 0 Å². The average molecular weight is 255 g/mol. The summed E-state index contributed by atoms with van der Waals surface area (Å²) < 4.78 is 5.51. The molecule has 4 nitrogen and oxygen atoms in total. The highest BCUT2D eigenvalue weighted by molar-refractivity contribution is 5.47. The van der Waals surface area contributed by atoms with Gasteiger partial charge in [0, 0.05) is 18.5 Å². The van der Waals surface area contributed by atoms with Crippen LogP contribution in [0.4, 0.5) is 5.82 Å². The lowest BCUT2D eigenvalue weighted by atomic mass is 10.1. The van der Waals surface area contributed by atoms with Crippen molar-refractivity contribution in [2.45, 2.75) is 26.5 Å². The van der Waals surface area contributed by atoms with E-state index in [-0.39, 0.29) is 0 Å². The van der Waals surface area contributed by atoms with Crippen molar-refractivity contribution in [1.29, 1.82) is 0 Å². The molecule has 0 atom stereocenters. The minimum absolute atomic E-state index is 0.604. The van der Waals surface area contributed by atoms with E-state index in [1.54, 1.807) is 0 Å². The summed E-state index contributed by atoms with van der Waals surface area (Å²) in [6.45, 7) is 4.06. The first kappa shape index (κ1) is 12.1. The monoisotopic (exact) mass is 255 g/mol. The molecule has 0 aliphatic carbocycles. The van der Waals surface area contributed by atoms with Crippen LogP contribution in [-0.4, -0.2) is 16.6 Å². The standard InChI is InChI=1S/C15H17N3O/c1-11-17-14-7-8-19-10-13(14)15(18-11)16-9-12-5-3-2-4-6-12/h2-6H,7-10H2,1H3,(H,16,17,18). The van der Waals surface area contributed by atoms with Crippen LogP contribution in [0.3, 0.4) is 0 Å². The maximum Gasteiger partial charge on any atom is 0.135 e. The number of nitrogens with zero attached hydrogens (tertiary/aromatic N) is 2. The number of hydrogen-bond acceptors (Lipinski definition) is 4. The molecule has 1 aliphatic rings. The van der Waals surface area contributed by atoms with Crippen molar-refractivity contribution in [3.63, 3.8) is 0 Å². The predicted octanol–water partition coefficient (Wildman–Crippen LogP) is 2.47. The Kier molecular flexibility index (Phi) is 3.42. The summed E-state index contributed by atoms with van der Waals surface area (Å²) in [5, 5.41) is 3.40. The molecule has 1 N–H and O–H groups in total. The van der Waals surface area contributed by atoms with E-state index in [4.69, 9.17) is 4.74 Å². The van der Waals surface area contributed by atoms with Crippen LogP contribution in [-0.2, 0) is 24.3 Å². The molecule has 2 aromatic rings. The number of fused-ring (bicyclic) bond motifs is 1. The van der Waals surface area contributed by atoms with Crippen LogP contribution >= 0.6 is 0 Å². The Morgan fingerprint density at radius 3 is 2.89 bits per heavy atom. The van der Waals surface area contributed by atoms with Gasteiger partial charge in [0.15, 0.2) is 0 Å². The molecule has 0 spiro atoms. The van der Waals surface area contributed by atoms with Gasteiger partial charge >= 0.3 is 0 Å². The number of hydrogen-bond donors (Lipinski definition) is 1. The van der Waals surface area contributed by atoms with Crippen LogP contribution < -0.4 is 5.32 Å². The molecule has 1 aromatic heterocycles. The number of benzene rings is 1. The minimum Gasteiger partial charge on any atom is -0.376 e. The van der Waals surface area contributed by atoms with E-state index < -0.39 is 0 Å². The van der Waals surface area contributed by atoms with Crippen LogP contribution in [0.1, 0.15) is 22.6 Å². The SMILES string of the molecule is Cc1nc2c(c(NCc3ccccc3)n1)COCC2. The third-order valence-corrected chi connectivity index (χ3v) is 3.24. The summed E-state index contributed by atoms with van der Waals surface area (Å²) in [7, 11) is 0. The summed E-state index contributed by atoms with van der Waals surface area (Å²) in [6, 6.07) is 10.3. The summed E-state index contributed by atoms with van der Waals surface area (Å²) >= 11 is 0. The van der Waals surface area contributed by atoms with Crippen molar-refractivity contribution in [3.05, 3.63) is 53.0 Å². The number of ether oxygens (including phenoxy) is 1. The molecule has 0 unspecified atom stereocenters. The van der Waals surface area contributed by atoms with Crippen LogP contribution in [0.5, 0.6) is 0 Å². The fourth-order valence-corrected chi connectivity index (χ4v) is 2.28. The number of aryl methyl sites for hydroxylation is 1. The maximum atomic E-state index is 5.51. The van der Waals surface area contributed by atoms with E-state index in [0.29, 0.717) is 6.61 Å². The van der Waals surface area contributed by atoms with Gasteiger partial charge in [-0.05, 0) is 12.5 Å². The molecular formula is C15H17N3O. The van der Waals surface area contributed by atoms with Crippen LogP contribution in [0.2, 0.25) is 0 Å². The summed E-state index contributed by atoms with van der Waals surface area (Å²) in [4.78, 5) is 9.00. The van der Waals surface area contributed by atoms with Gasteiger partial charge in [0.05, 0.1) is 18.9 Å². The number of nitrogens with one attached hydrogen (secondary N) is 1. The zero-order chi connectivity index (χ0) is 13.1. The minimum atomic E-state index is 0.604. The summed E-state index contributed by atoms with van der Waals surface area (Å²) in [5.41, 5.74) is 3.46. The molecule has 19 heavy (non-hydrogen) atoms. The van der Waals surface area contributed by atoms with E-state index in [1.165, 1.54) is 5.56 Å². The van der Waals surface area contributed by atoms with Crippen molar-refractivity contribution >= 4 is 5.82 Å². The number of rotatable bonds is 3. The number of aromatic nitrogens is 2. The average Bonchev–Trinajstić information content (AvgIpc) is 2.45. The van der Waals surface area contributed by atoms with E-state index in [1.807, 2.05) is 25.1 Å². The largest absolute Gasteiger partial charge is 0.376 e. The zero-order valence-electron chi connectivity index (χ0n) is 11.0. The molecule has 1 aliphatic heterocycles. The van der Waals surface area contributed by atoms with Crippen molar-refractivity contribution in [2.75, 3.05) is 11.9 Å². The van der Waals surface area contributed by atoms with Crippen molar-refractivity contribution in [3.8, 4) is 0 Å². The molecule has 3 rings (SSSR count). The zero-order valence-corrected chi connectivity index (χ0v) is 11.0. The Morgan fingerprint density at radius 1 is 1.21 bits per heavy atom. The van der Waals surface area contributed by atoms with Gasteiger partial charge in [-0.3, -0.25) is 0 Å². The Labute approximate surface area is 112 Å². The molecule has 1 aromatic carbocycles. The number of anilines is 1. The Morgan fingerprint density at radius 2 is 2.05 bits per heavy atom. The molecule has 0 saturated heterocycles. The lowest BCUT2D eigenvalue weighted by Gasteiger charge is -2.19. The van der Waals surface area contributed by atoms with Gasteiger partial charge in [0.2, 0.25) is 0 Å². The second kappa shape index (κ2) is 5.36. The highest BCUT2D eigenvalue weighted by Gasteiger charge is 2.16. The van der Waals surface area contributed by atoms with E-state index in [2.05, 4.69) is 27.4 Å². The second-order valence-corrected chi connectivity index (χ2v) is 4.69. The smallest absolute Gasteiger partial charge is 0.135 e. The van der Waals surface area contributed by atoms with Gasteiger partial charge in [-0.15, -0.1) is 0 Å². The summed E-state index contributed by atoms with van der Waals surface area (Å²) in [5.74, 6) is 1.72. The molecule has 0 amide bonds. The first-order chi connectivity index (χ1) is 9.33. The van der Waals surface area contributed by atoms with Crippen LogP contribution in [0.25, 0.3) is 0 Å². The molecule has 0 bridgehead atoms. The lowest BCUT2D eigenvalue weighted by Crippen LogP contribution is -2.17. The molecule has 4 heteroatoms. The molecule has 0 fully saturated rings. The second-order valence-electron chi connectivity index (χ2n) is 4.69.